The molecular formula is C13H9ClF4O3. The predicted molar refractivity (Wildman–Crippen MR) is 67.3 cm³/mol. The molecule has 0 aliphatic rings. The van der Waals surface area contributed by atoms with E-state index in [0.29, 0.717) is 5.39 Å². The molecule has 114 valence electrons. The minimum Gasteiger partial charge on any atom is -0.451 e. The molecule has 0 spiro atoms. The summed E-state index contributed by atoms with van der Waals surface area (Å²) in [4.78, 5) is 11.7. The Morgan fingerprint density at radius 3 is 2.71 bits per heavy atom. The van der Waals surface area contributed by atoms with Crippen molar-refractivity contribution < 1.29 is 31.5 Å². The quantitative estimate of drug-likeness (QED) is 0.591. The van der Waals surface area contributed by atoms with E-state index in [1.165, 1.54) is 6.07 Å². The highest BCUT2D eigenvalue weighted by Crippen LogP contribution is 2.27. The Morgan fingerprint density at radius 2 is 2.10 bits per heavy atom. The van der Waals surface area contributed by atoms with Gasteiger partial charge in [0.15, 0.2) is 11.3 Å². The second-order valence-electron chi connectivity index (χ2n) is 4.25. The smallest absolute Gasteiger partial charge is 0.330 e. The monoisotopic (exact) mass is 324 g/mol. The van der Waals surface area contributed by atoms with Crippen LogP contribution >= 0.6 is 11.6 Å². The molecule has 0 atom stereocenters. The van der Waals surface area contributed by atoms with Gasteiger partial charge in [0.25, 0.3) is 0 Å². The highest BCUT2D eigenvalue weighted by molar-refractivity contribution is 6.34. The number of furan rings is 1. The molecule has 3 nitrogen and oxygen atoms in total. The lowest BCUT2D eigenvalue weighted by atomic mass is 10.2. The van der Waals surface area contributed by atoms with Crippen LogP contribution in [0, 0.1) is 0 Å². The number of rotatable bonds is 6. The molecular weight excluding hydrogens is 316 g/mol. The molecule has 0 bridgehead atoms. The molecule has 0 aliphatic carbocycles. The summed E-state index contributed by atoms with van der Waals surface area (Å²) < 4.78 is 58.5. The molecule has 21 heavy (non-hydrogen) atoms. The molecule has 1 aromatic heterocycles. The van der Waals surface area contributed by atoms with E-state index in [1.807, 2.05) is 0 Å². The summed E-state index contributed by atoms with van der Waals surface area (Å²) in [7, 11) is 0. The lowest BCUT2D eigenvalue weighted by Gasteiger charge is -2.14. The fraction of sp³-hybridized carbons (Fsp3) is 0.308. The van der Waals surface area contributed by atoms with E-state index in [2.05, 4.69) is 4.74 Å². The van der Waals surface area contributed by atoms with Crippen molar-refractivity contribution in [3.63, 3.8) is 0 Å². The fourth-order valence-electron chi connectivity index (χ4n) is 1.58. The number of ketones is 1. The number of ether oxygens (including phenoxy) is 1. The Kier molecular flexibility index (Phi) is 4.53. The zero-order valence-electron chi connectivity index (χ0n) is 10.4. The highest BCUT2D eigenvalue weighted by atomic mass is 35.5. The number of Topliss-reactive ketones (excluding diaryl/α,β-unsaturated/α-hetero) is 1. The van der Waals surface area contributed by atoms with Crippen LogP contribution in [0.25, 0.3) is 11.0 Å². The van der Waals surface area contributed by atoms with E-state index in [0.717, 1.165) is 0 Å². The van der Waals surface area contributed by atoms with E-state index >= 15 is 0 Å². The first-order valence-corrected chi connectivity index (χ1v) is 6.14. The number of carbonyl (C=O) groups excluding carboxylic acids is 1. The Morgan fingerprint density at radius 1 is 1.38 bits per heavy atom. The summed E-state index contributed by atoms with van der Waals surface area (Å²) in [5.41, 5.74) is 0.278. The zero-order valence-corrected chi connectivity index (χ0v) is 11.2. The first kappa shape index (κ1) is 15.8. The number of fused-ring (bicyclic) bond motifs is 1. The molecule has 0 N–H and O–H groups in total. The Hall–Kier alpha value is -1.60. The van der Waals surface area contributed by atoms with Gasteiger partial charge in [-0.3, -0.25) is 4.79 Å². The predicted octanol–water partition coefficient (Wildman–Crippen LogP) is 4.19. The number of benzene rings is 1. The average Bonchev–Trinajstić information content (AvgIpc) is 2.83. The van der Waals surface area contributed by atoms with E-state index in [1.54, 1.807) is 18.2 Å². The van der Waals surface area contributed by atoms with Crippen LogP contribution in [0.4, 0.5) is 17.6 Å². The van der Waals surface area contributed by atoms with Crippen LogP contribution in [0.1, 0.15) is 10.6 Å². The van der Waals surface area contributed by atoms with Gasteiger partial charge in [0, 0.05) is 5.39 Å². The van der Waals surface area contributed by atoms with Crippen molar-refractivity contribution in [3.8, 4) is 0 Å². The maximum atomic E-state index is 12.6. The zero-order chi connectivity index (χ0) is 15.6. The molecule has 0 amide bonds. The molecule has 0 fully saturated rings. The lowest BCUT2D eigenvalue weighted by Crippen LogP contribution is -2.33. The molecule has 2 rings (SSSR count). The standard InChI is InChI=1S/C13H9ClF4O3/c14-8-3-1-2-7-4-10(21-11(7)8)9(19)5-20-6-13(17,18)12(15)16/h1-4,12H,5-6H2. The number of para-hydroxylation sites is 1. The third-order valence-electron chi connectivity index (χ3n) is 2.62. The largest absolute Gasteiger partial charge is 0.451 e. The number of hydrogen-bond donors (Lipinski definition) is 0. The van der Waals surface area contributed by atoms with Crippen molar-refractivity contribution in [2.75, 3.05) is 13.2 Å². The molecule has 2 aromatic rings. The van der Waals surface area contributed by atoms with Gasteiger partial charge in [0.05, 0.1) is 5.02 Å². The second kappa shape index (κ2) is 6.03. The Balaban J connectivity index is 2.01. The molecule has 0 aliphatic heterocycles. The number of hydrogen-bond acceptors (Lipinski definition) is 3. The van der Waals surface area contributed by atoms with Gasteiger partial charge < -0.3 is 9.15 Å². The van der Waals surface area contributed by atoms with Crippen molar-refractivity contribution in [2.45, 2.75) is 12.3 Å². The summed E-state index contributed by atoms with van der Waals surface area (Å²) >= 11 is 5.86. The summed E-state index contributed by atoms with van der Waals surface area (Å²) in [5.74, 6) is -5.18. The van der Waals surface area contributed by atoms with Crippen LogP contribution < -0.4 is 0 Å². The SMILES string of the molecule is O=C(COCC(F)(F)C(F)F)c1cc2cccc(Cl)c2o1. The van der Waals surface area contributed by atoms with E-state index < -0.39 is 31.3 Å². The van der Waals surface area contributed by atoms with E-state index in [4.69, 9.17) is 16.0 Å². The van der Waals surface area contributed by atoms with Crippen molar-refractivity contribution in [1.29, 1.82) is 0 Å². The number of halogens is 5. The van der Waals surface area contributed by atoms with E-state index in [-0.39, 0.29) is 16.4 Å². The van der Waals surface area contributed by atoms with Crippen LogP contribution in [-0.2, 0) is 4.74 Å². The average molecular weight is 325 g/mol. The van der Waals surface area contributed by atoms with Crippen LogP contribution in [-0.4, -0.2) is 31.3 Å². The van der Waals surface area contributed by atoms with Crippen LogP contribution in [0.15, 0.2) is 28.7 Å². The van der Waals surface area contributed by atoms with E-state index in [9.17, 15) is 22.4 Å². The van der Waals surface area contributed by atoms with Crippen LogP contribution in [0.5, 0.6) is 0 Å². The van der Waals surface area contributed by atoms with Gasteiger partial charge in [0.1, 0.15) is 13.2 Å². The van der Waals surface area contributed by atoms with Crippen molar-refractivity contribution in [3.05, 3.63) is 35.0 Å². The number of alkyl halides is 4. The van der Waals surface area contributed by atoms with Gasteiger partial charge in [-0.25, -0.2) is 8.78 Å². The van der Waals surface area contributed by atoms with Crippen LogP contribution in [0.3, 0.4) is 0 Å². The minimum absolute atomic E-state index is 0.140. The molecule has 1 heterocycles. The first-order valence-electron chi connectivity index (χ1n) is 5.76. The van der Waals surface area contributed by atoms with Gasteiger partial charge in [-0.15, -0.1) is 0 Å². The molecule has 0 saturated carbocycles. The Bertz CT molecular complexity index is 654. The normalized spacial score (nSPS) is 12.3. The molecule has 8 heteroatoms. The molecule has 0 radical (unpaired) electrons. The maximum Gasteiger partial charge on any atom is 0.330 e. The summed E-state index contributed by atoms with van der Waals surface area (Å²) in [6, 6.07) is 6.22. The van der Waals surface area contributed by atoms with Gasteiger partial charge in [-0.2, -0.15) is 8.78 Å². The van der Waals surface area contributed by atoms with Crippen LogP contribution in [0.2, 0.25) is 5.02 Å². The number of carbonyl (C=O) groups is 1. The Labute approximate surface area is 121 Å². The summed E-state index contributed by atoms with van der Waals surface area (Å²) in [6.45, 7) is -2.34. The summed E-state index contributed by atoms with van der Waals surface area (Å²) in [5, 5.41) is 0.848. The van der Waals surface area contributed by atoms with Crippen molar-refractivity contribution >= 4 is 28.4 Å². The van der Waals surface area contributed by atoms with Gasteiger partial charge in [-0.1, -0.05) is 23.7 Å². The fourth-order valence-corrected chi connectivity index (χ4v) is 1.80. The molecule has 0 unspecified atom stereocenters. The maximum absolute atomic E-state index is 12.6. The van der Waals surface area contributed by atoms with Gasteiger partial charge >= 0.3 is 12.3 Å². The van der Waals surface area contributed by atoms with Gasteiger partial charge in [0.2, 0.25) is 5.78 Å². The highest BCUT2D eigenvalue weighted by Gasteiger charge is 2.41. The lowest BCUT2D eigenvalue weighted by molar-refractivity contribution is -0.163. The first-order chi connectivity index (χ1) is 9.81. The third-order valence-corrected chi connectivity index (χ3v) is 2.92. The molecule has 0 saturated heterocycles. The van der Waals surface area contributed by atoms with Gasteiger partial charge in [-0.05, 0) is 12.1 Å². The third kappa shape index (κ3) is 3.54. The van der Waals surface area contributed by atoms with Crippen molar-refractivity contribution in [1.82, 2.24) is 0 Å². The minimum atomic E-state index is -4.29. The summed E-state index contributed by atoms with van der Waals surface area (Å²) in [6.07, 6.45) is -3.85. The van der Waals surface area contributed by atoms with Crippen molar-refractivity contribution in [2.24, 2.45) is 0 Å². The topological polar surface area (TPSA) is 39.4 Å². The second-order valence-corrected chi connectivity index (χ2v) is 4.65. The molecule has 1 aromatic carbocycles.